The lowest BCUT2D eigenvalue weighted by Crippen LogP contribution is -2.10. The number of nitriles is 1. The van der Waals surface area contributed by atoms with E-state index in [1.165, 1.54) is 6.07 Å². The molecule has 0 aliphatic heterocycles. The maximum Gasteiger partial charge on any atom is 0.389 e. The minimum atomic E-state index is -4.27. The Morgan fingerprint density at radius 2 is 1.77 bits per heavy atom. The summed E-state index contributed by atoms with van der Waals surface area (Å²) in [5.74, 6) is 0.810. The molecule has 0 fully saturated rings. The Hall–Kier alpha value is -3.44. The van der Waals surface area contributed by atoms with Crippen molar-refractivity contribution in [2.24, 2.45) is 5.73 Å². The second kappa shape index (κ2) is 9.58. The van der Waals surface area contributed by atoms with Crippen LogP contribution in [0.4, 0.5) is 13.2 Å². The normalized spacial score (nSPS) is 11.2. The highest BCUT2D eigenvalue weighted by Gasteiger charge is 2.27. The van der Waals surface area contributed by atoms with E-state index in [1.807, 2.05) is 24.3 Å². The fourth-order valence-corrected chi connectivity index (χ4v) is 3.09. The van der Waals surface area contributed by atoms with Crippen molar-refractivity contribution >= 4 is 0 Å². The largest absolute Gasteiger partial charge is 0.438 e. The van der Waals surface area contributed by atoms with Crippen LogP contribution in [0, 0.1) is 18.3 Å². The molecule has 3 aromatic rings. The molecule has 0 aliphatic rings. The first-order chi connectivity index (χ1) is 14.8. The van der Waals surface area contributed by atoms with Gasteiger partial charge in [-0.15, -0.1) is 0 Å². The molecule has 0 saturated heterocycles. The lowest BCUT2D eigenvalue weighted by Gasteiger charge is -2.13. The molecule has 0 radical (unpaired) electrons. The topological polar surface area (TPSA) is 84.8 Å². The standard InChI is InChI=1S/C23H21F3N4O/c1-15-29-19(8-10-23(24,25)26)13-22(30-15)31-21-12-17(14-28)4-7-20(21)18-5-2-16(3-6-18)9-11-27/h2-7,12-13H,8-11,27H2,1H3. The highest BCUT2D eigenvalue weighted by Crippen LogP contribution is 2.34. The molecule has 0 atom stereocenters. The SMILES string of the molecule is Cc1nc(CCC(F)(F)F)cc(Oc2cc(C#N)ccc2-c2ccc(CCN)cc2)n1. The summed E-state index contributed by atoms with van der Waals surface area (Å²) in [6.07, 6.45) is -4.76. The van der Waals surface area contributed by atoms with Gasteiger partial charge >= 0.3 is 6.18 Å². The number of rotatable bonds is 7. The number of halogens is 3. The Bertz CT molecular complexity index is 1090. The number of ether oxygens (including phenoxy) is 1. The lowest BCUT2D eigenvalue weighted by molar-refractivity contribution is -0.134. The molecule has 2 N–H and O–H groups in total. The molecule has 5 nitrogen and oxygen atoms in total. The van der Waals surface area contributed by atoms with Crippen LogP contribution in [-0.4, -0.2) is 22.7 Å². The first-order valence-corrected chi connectivity index (χ1v) is 9.70. The van der Waals surface area contributed by atoms with Crippen molar-refractivity contribution in [3.63, 3.8) is 0 Å². The molecular formula is C23H21F3N4O. The van der Waals surface area contributed by atoms with Crippen LogP contribution >= 0.6 is 0 Å². The second-order valence-corrected chi connectivity index (χ2v) is 7.02. The summed E-state index contributed by atoms with van der Waals surface area (Å²) in [7, 11) is 0. The van der Waals surface area contributed by atoms with E-state index in [0.717, 1.165) is 23.1 Å². The van der Waals surface area contributed by atoms with Gasteiger partial charge in [0.25, 0.3) is 0 Å². The number of hydrogen-bond donors (Lipinski definition) is 1. The number of aryl methyl sites for hydroxylation is 2. The van der Waals surface area contributed by atoms with Gasteiger partial charge in [0.05, 0.1) is 11.6 Å². The van der Waals surface area contributed by atoms with Crippen molar-refractivity contribution < 1.29 is 17.9 Å². The molecule has 0 unspecified atom stereocenters. The first kappa shape index (κ1) is 22.2. The van der Waals surface area contributed by atoms with Gasteiger partial charge in [0.2, 0.25) is 5.88 Å². The molecule has 0 spiro atoms. The van der Waals surface area contributed by atoms with Crippen molar-refractivity contribution in [3.05, 3.63) is 71.2 Å². The monoisotopic (exact) mass is 426 g/mol. The van der Waals surface area contributed by atoms with Crippen molar-refractivity contribution in [1.82, 2.24) is 9.97 Å². The predicted molar refractivity (Wildman–Crippen MR) is 111 cm³/mol. The average Bonchev–Trinajstić information content (AvgIpc) is 2.72. The maximum absolute atomic E-state index is 12.6. The molecule has 2 aromatic carbocycles. The van der Waals surface area contributed by atoms with E-state index in [-0.39, 0.29) is 18.0 Å². The summed E-state index contributed by atoms with van der Waals surface area (Å²) in [5.41, 5.74) is 8.92. The summed E-state index contributed by atoms with van der Waals surface area (Å²) in [5, 5.41) is 9.27. The lowest BCUT2D eigenvalue weighted by atomic mass is 10.0. The van der Waals surface area contributed by atoms with E-state index >= 15 is 0 Å². The van der Waals surface area contributed by atoms with Crippen LogP contribution in [0.1, 0.15) is 29.1 Å². The van der Waals surface area contributed by atoms with Crippen LogP contribution in [-0.2, 0) is 12.8 Å². The third-order valence-electron chi connectivity index (χ3n) is 4.56. The van der Waals surface area contributed by atoms with Gasteiger partial charge in [0.15, 0.2) is 0 Å². The van der Waals surface area contributed by atoms with Gasteiger partial charge in [-0.1, -0.05) is 24.3 Å². The van der Waals surface area contributed by atoms with Crippen LogP contribution < -0.4 is 10.5 Å². The van der Waals surface area contributed by atoms with Crippen molar-refractivity contribution in [2.45, 2.75) is 32.4 Å². The highest BCUT2D eigenvalue weighted by molar-refractivity contribution is 5.72. The Morgan fingerprint density at radius 1 is 1.03 bits per heavy atom. The molecule has 31 heavy (non-hydrogen) atoms. The minimum Gasteiger partial charge on any atom is -0.438 e. The smallest absolute Gasteiger partial charge is 0.389 e. The van der Waals surface area contributed by atoms with E-state index in [1.54, 1.807) is 25.1 Å². The number of nitrogens with two attached hydrogens (primary N) is 1. The van der Waals surface area contributed by atoms with E-state index < -0.39 is 12.6 Å². The number of nitrogens with zero attached hydrogens (tertiary/aromatic N) is 3. The molecule has 1 heterocycles. The number of hydrogen-bond acceptors (Lipinski definition) is 5. The third kappa shape index (κ3) is 6.27. The van der Waals surface area contributed by atoms with Crippen LogP contribution in [0.25, 0.3) is 11.1 Å². The van der Waals surface area contributed by atoms with Gasteiger partial charge in [0, 0.05) is 23.7 Å². The summed E-state index contributed by atoms with van der Waals surface area (Å²) < 4.78 is 43.7. The van der Waals surface area contributed by atoms with Crippen LogP contribution in [0.5, 0.6) is 11.6 Å². The van der Waals surface area contributed by atoms with Crippen LogP contribution in [0.15, 0.2) is 48.5 Å². The van der Waals surface area contributed by atoms with E-state index in [2.05, 4.69) is 16.0 Å². The third-order valence-corrected chi connectivity index (χ3v) is 4.56. The summed E-state index contributed by atoms with van der Waals surface area (Å²) in [6, 6.07) is 16.3. The quantitative estimate of drug-likeness (QED) is 0.567. The zero-order valence-electron chi connectivity index (χ0n) is 16.9. The molecule has 160 valence electrons. The summed E-state index contributed by atoms with van der Waals surface area (Å²) >= 11 is 0. The molecule has 0 bridgehead atoms. The van der Waals surface area contributed by atoms with Gasteiger partial charge in [-0.3, -0.25) is 0 Å². The van der Waals surface area contributed by atoms with Gasteiger partial charge in [-0.25, -0.2) is 4.98 Å². The van der Waals surface area contributed by atoms with E-state index in [9.17, 15) is 18.4 Å². The first-order valence-electron chi connectivity index (χ1n) is 9.70. The Balaban J connectivity index is 1.93. The van der Waals surface area contributed by atoms with Crippen LogP contribution in [0.3, 0.4) is 0 Å². The Morgan fingerprint density at radius 3 is 2.42 bits per heavy atom. The molecule has 0 amide bonds. The minimum absolute atomic E-state index is 0.126. The van der Waals surface area contributed by atoms with Crippen molar-refractivity contribution in [1.29, 1.82) is 5.26 Å². The zero-order valence-corrected chi connectivity index (χ0v) is 16.9. The molecule has 0 aliphatic carbocycles. The summed E-state index contributed by atoms with van der Waals surface area (Å²) in [6.45, 7) is 2.14. The number of aromatic nitrogens is 2. The number of benzene rings is 2. The van der Waals surface area contributed by atoms with Crippen LogP contribution in [0.2, 0.25) is 0 Å². The second-order valence-electron chi connectivity index (χ2n) is 7.02. The molecule has 8 heteroatoms. The van der Waals surface area contributed by atoms with Gasteiger partial charge in [-0.2, -0.15) is 23.4 Å². The molecule has 1 aromatic heterocycles. The fraction of sp³-hybridized carbons (Fsp3) is 0.261. The predicted octanol–water partition coefficient (Wildman–Crippen LogP) is 5.11. The molecule has 3 rings (SSSR count). The molecule has 0 saturated carbocycles. The fourth-order valence-electron chi connectivity index (χ4n) is 3.09. The Kier molecular flexibility index (Phi) is 6.88. The van der Waals surface area contributed by atoms with Gasteiger partial charge < -0.3 is 10.5 Å². The number of alkyl halides is 3. The molecular weight excluding hydrogens is 405 g/mol. The van der Waals surface area contributed by atoms with Crippen molar-refractivity contribution in [3.8, 4) is 28.8 Å². The summed E-state index contributed by atoms with van der Waals surface area (Å²) in [4.78, 5) is 8.26. The van der Waals surface area contributed by atoms with E-state index in [0.29, 0.717) is 23.7 Å². The highest BCUT2D eigenvalue weighted by atomic mass is 19.4. The maximum atomic E-state index is 12.6. The average molecular weight is 426 g/mol. The van der Waals surface area contributed by atoms with Gasteiger partial charge in [-0.05, 0) is 55.6 Å². The van der Waals surface area contributed by atoms with Crippen molar-refractivity contribution in [2.75, 3.05) is 6.54 Å². The van der Waals surface area contributed by atoms with E-state index in [4.69, 9.17) is 10.5 Å². The van der Waals surface area contributed by atoms with Gasteiger partial charge in [0.1, 0.15) is 11.6 Å². The zero-order chi connectivity index (χ0) is 22.4. The Labute approximate surface area is 178 Å².